The Labute approximate surface area is 56.2 Å². The molecule has 0 aromatic heterocycles. The van der Waals surface area contributed by atoms with E-state index in [1.54, 1.807) is 6.08 Å². The van der Waals surface area contributed by atoms with Crippen molar-refractivity contribution in [3.63, 3.8) is 0 Å². The van der Waals surface area contributed by atoms with Crippen LogP contribution in [0.25, 0.3) is 0 Å². The second-order valence-corrected chi connectivity index (χ2v) is 4.85. The topological polar surface area (TPSA) is 37.3 Å². The molecule has 0 aromatic carbocycles. The van der Waals surface area contributed by atoms with E-state index in [0.29, 0.717) is 12.6 Å². The number of hydrogen-bond acceptors (Lipinski definition) is 1. The first-order chi connectivity index (χ1) is 3.63. The molecule has 1 heterocycles. The summed E-state index contributed by atoms with van der Waals surface area (Å²) in [5.74, 6) is 0. The zero-order valence-electron chi connectivity index (χ0n) is 4.10. The Morgan fingerprint density at radius 1 is 1.88 bits per heavy atom. The molecule has 0 aromatic rings. The zero-order valence-corrected chi connectivity index (χ0v) is 5.93. The quantitative estimate of drug-likeness (QED) is 0.447. The van der Waals surface area contributed by atoms with Gasteiger partial charge in [0.15, 0.2) is 0 Å². The molecular formula is C4H6CuO2P. The van der Waals surface area contributed by atoms with Crippen molar-refractivity contribution in [3.05, 3.63) is 10.3 Å². The van der Waals surface area contributed by atoms with Crippen LogP contribution in [0, 0.1) is 0 Å². The summed E-state index contributed by atoms with van der Waals surface area (Å²) in [6.07, 6.45) is 2.66. The van der Waals surface area contributed by atoms with Crippen LogP contribution in [-0.2, 0) is 20.6 Å². The third-order valence-electron chi connectivity index (χ3n) is 1.04. The summed E-state index contributed by atoms with van der Waals surface area (Å²) in [6.45, 7) is 0. The van der Waals surface area contributed by atoms with E-state index >= 15 is 0 Å². The zero-order chi connectivity index (χ0) is 6.20. The van der Waals surface area contributed by atoms with E-state index in [1.165, 1.54) is 0 Å². The normalized spacial score (nSPS) is 37.6. The number of rotatable bonds is 0. The summed E-state index contributed by atoms with van der Waals surface area (Å²) < 4.78 is 11.0. The van der Waals surface area contributed by atoms with Crippen LogP contribution in [0.1, 0.15) is 6.42 Å². The van der Waals surface area contributed by atoms with Gasteiger partial charge in [-0.25, -0.2) is 0 Å². The van der Waals surface area contributed by atoms with Gasteiger partial charge in [0.05, 0.1) is 0 Å². The Hall–Kier alpha value is 0.449. The van der Waals surface area contributed by atoms with Gasteiger partial charge in [0.1, 0.15) is 0 Å². The Morgan fingerprint density at radius 3 is 2.62 bits per heavy atom. The van der Waals surface area contributed by atoms with Gasteiger partial charge in [0.25, 0.3) is 0 Å². The second-order valence-electron chi connectivity index (χ2n) is 1.70. The maximum atomic E-state index is 10.7. The average molecular weight is 181 g/mol. The Morgan fingerprint density at radius 2 is 2.50 bits per heavy atom. The fourth-order valence-electron chi connectivity index (χ4n) is 0.589. The summed E-state index contributed by atoms with van der Waals surface area (Å²) in [4.78, 5) is 8.84. The van der Waals surface area contributed by atoms with E-state index in [9.17, 15) is 4.57 Å². The van der Waals surface area contributed by atoms with Crippen molar-refractivity contribution in [2.75, 3.05) is 6.16 Å². The molecule has 1 unspecified atom stereocenters. The molecular weight excluding hydrogens is 175 g/mol. The van der Waals surface area contributed by atoms with Crippen LogP contribution in [-0.4, -0.2) is 11.1 Å². The van der Waals surface area contributed by atoms with Gasteiger partial charge < -0.3 is 0 Å². The number of hydrogen-bond donors (Lipinski definition) is 1. The predicted molar refractivity (Wildman–Crippen MR) is 27.4 cm³/mol. The standard InChI is InChI=1S/C4H6O2P.Cu/c5-7(6)3-1-2-4-7;/h1H,2,4H2,(H,5,6);. The van der Waals surface area contributed by atoms with Crippen LogP contribution in [0.2, 0.25) is 0 Å². The van der Waals surface area contributed by atoms with Crippen molar-refractivity contribution >= 4 is 7.37 Å². The third kappa shape index (κ3) is 1.06. The molecule has 1 aliphatic heterocycles. The van der Waals surface area contributed by atoms with Crippen molar-refractivity contribution < 1.29 is 25.5 Å². The third-order valence-corrected chi connectivity index (χ3v) is 3.88. The molecule has 0 spiro atoms. The molecule has 0 aliphatic carbocycles. The molecule has 50 valence electrons. The van der Waals surface area contributed by atoms with Gasteiger partial charge in [-0.2, -0.15) is 0 Å². The molecule has 0 bridgehead atoms. The van der Waals surface area contributed by atoms with E-state index in [-0.39, 0.29) is 4.21 Å². The molecule has 8 heavy (non-hydrogen) atoms. The van der Waals surface area contributed by atoms with E-state index in [0.717, 1.165) is 0 Å². The molecule has 0 radical (unpaired) electrons. The van der Waals surface area contributed by atoms with Crippen LogP contribution in [0.3, 0.4) is 0 Å². The van der Waals surface area contributed by atoms with E-state index in [1.807, 2.05) is 0 Å². The van der Waals surface area contributed by atoms with E-state index < -0.39 is 7.37 Å². The monoisotopic (exact) mass is 180 g/mol. The summed E-state index contributed by atoms with van der Waals surface area (Å²) in [5, 5.41) is 0. The molecule has 0 amide bonds. The molecule has 4 heteroatoms. The summed E-state index contributed by atoms with van der Waals surface area (Å²) in [6, 6.07) is 0. The molecule has 1 atom stereocenters. The molecule has 0 saturated heterocycles. The molecule has 1 aliphatic rings. The van der Waals surface area contributed by atoms with Crippen LogP contribution in [0.15, 0.2) is 10.3 Å². The first kappa shape index (κ1) is 6.57. The van der Waals surface area contributed by atoms with Gasteiger partial charge >= 0.3 is 55.7 Å². The summed E-state index contributed by atoms with van der Waals surface area (Å²) in [7, 11) is -2.97. The van der Waals surface area contributed by atoms with Gasteiger partial charge in [0, 0.05) is 0 Å². The molecule has 1 N–H and O–H groups in total. The van der Waals surface area contributed by atoms with Gasteiger partial charge in [0.2, 0.25) is 0 Å². The van der Waals surface area contributed by atoms with Crippen molar-refractivity contribution in [1.29, 1.82) is 0 Å². The predicted octanol–water partition coefficient (Wildman–Crippen LogP) is 1.05. The second kappa shape index (κ2) is 2.00. The van der Waals surface area contributed by atoms with Crippen molar-refractivity contribution in [2.45, 2.75) is 6.42 Å². The van der Waals surface area contributed by atoms with Gasteiger partial charge in [-0.05, 0) is 0 Å². The SMILES string of the molecule is O=P1(O)CCC=[C]1[Cu]. The first-order valence-electron chi connectivity index (χ1n) is 2.27. The molecule has 0 saturated carbocycles. The van der Waals surface area contributed by atoms with Crippen LogP contribution in [0.4, 0.5) is 0 Å². The Kier molecular flexibility index (Phi) is 1.64. The van der Waals surface area contributed by atoms with Gasteiger partial charge in [-0.3, -0.25) is 0 Å². The fourth-order valence-corrected chi connectivity index (χ4v) is 2.13. The van der Waals surface area contributed by atoms with Crippen LogP contribution < -0.4 is 0 Å². The Bertz CT molecular complexity index is 175. The van der Waals surface area contributed by atoms with Crippen LogP contribution >= 0.6 is 7.37 Å². The van der Waals surface area contributed by atoms with Gasteiger partial charge in [-0.15, -0.1) is 0 Å². The summed E-state index contributed by atoms with van der Waals surface area (Å²) in [5.41, 5.74) is 0. The molecule has 1 rings (SSSR count). The minimum atomic E-state index is -2.97. The van der Waals surface area contributed by atoms with Crippen LogP contribution in [0.5, 0.6) is 0 Å². The minimum absolute atomic E-state index is 0.241. The van der Waals surface area contributed by atoms with E-state index in [4.69, 9.17) is 20.9 Å². The fraction of sp³-hybridized carbons (Fsp3) is 0.500. The van der Waals surface area contributed by atoms with Crippen molar-refractivity contribution in [3.8, 4) is 0 Å². The average Bonchev–Trinajstić information content (AvgIpc) is 1.86. The first-order valence-corrected chi connectivity index (χ1v) is 4.59. The van der Waals surface area contributed by atoms with Crippen molar-refractivity contribution in [1.82, 2.24) is 0 Å². The van der Waals surface area contributed by atoms with Gasteiger partial charge in [-0.1, -0.05) is 0 Å². The summed E-state index contributed by atoms with van der Waals surface area (Å²) >= 11 is 4.73. The maximum absolute atomic E-state index is 10.7. The van der Waals surface area contributed by atoms with Crippen molar-refractivity contribution in [2.24, 2.45) is 0 Å². The number of allylic oxidation sites excluding steroid dienone is 1. The van der Waals surface area contributed by atoms with E-state index in [2.05, 4.69) is 0 Å². The Balaban J connectivity index is 2.90. The molecule has 2 nitrogen and oxygen atoms in total. The molecule has 0 fully saturated rings.